The zero-order valence-corrected chi connectivity index (χ0v) is 13.4. The Balaban J connectivity index is 1.79. The van der Waals surface area contributed by atoms with Crippen LogP contribution in [0.3, 0.4) is 0 Å². The van der Waals surface area contributed by atoms with E-state index in [0.717, 1.165) is 16.3 Å². The molecule has 1 amide bonds. The van der Waals surface area contributed by atoms with Crippen LogP contribution in [0.5, 0.6) is 0 Å². The molecule has 1 aromatic rings. The van der Waals surface area contributed by atoms with Gasteiger partial charge < -0.3 is 10.1 Å². The van der Waals surface area contributed by atoms with Crippen LogP contribution < -0.4 is 5.32 Å². The van der Waals surface area contributed by atoms with Crippen molar-refractivity contribution >= 4 is 5.91 Å². The van der Waals surface area contributed by atoms with Gasteiger partial charge in [-0.25, -0.2) is 5.06 Å². The van der Waals surface area contributed by atoms with Gasteiger partial charge in [-0.3, -0.25) is 14.3 Å². The molecule has 2 aliphatic heterocycles. The van der Waals surface area contributed by atoms with Crippen molar-refractivity contribution in [2.24, 2.45) is 0 Å². The second kappa shape index (κ2) is 6.34. The smallest absolute Gasteiger partial charge is 0.369 e. The Hall–Kier alpha value is -1.65. The molecular formula is C14H19F3N4O3. The van der Waals surface area contributed by atoms with E-state index in [9.17, 15) is 18.0 Å². The van der Waals surface area contributed by atoms with Gasteiger partial charge in [0.15, 0.2) is 0 Å². The summed E-state index contributed by atoms with van der Waals surface area (Å²) >= 11 is 0. The van der Waals surface area contributed by atoms with Gasteiger partial charge in [0.1, 0.15) is 18.4 Å². The molecule has 0 fully saturated rings. The van der Waals surface area contributed by atoms with Crippen molar-refractivity contribution in [1.82, 2.24) is 20.2 Å². The maximum absolute atomic E-state index is 12.5. The van der Waals surface area contributed by atoms with Crippen LogP contribution in [0.15, 0.2) is 0 Å². The Morgan fingerprint density at radius 2 is 2.21 bits per heavy atom. The van der Waals surface area contributed by atoms with Gasteiger partial charge in [-0.15, -0.1) is 0 Å². The van der Waals surface area contributed by atoms with Crippen LogP contribution in [0.4, 0.5) is 13.2 Å². The molecule has 24 heavy (non-hydrogen) atoms. The van der Waals surface area contributed by atoms with Gasteiger partial charge in [0, 0.05) is 31.6 Å². The number of ether oxygens (including phenoxy) is 1. The molecule has 10 heteroatoms. The standard InChI is InChI=1S/C14H19F3N4O3/c1-8-3-11-10(4-18-8)12-13(22)20(2)24-9(5-21(12)19-11)6-23-7-14(15,16)17/h8-9,18H,3-7H2,1-2H3/t8-,9?/m1/s1. The van der Waals surface area contributed by atoms with Gasteiger partial charge in [-0.1, -0.05) is 0 Å². The van der Waals surface area contributed by atoms with Crippen molar-refractivity contribution in [2.45, 2.75) is 44.8 Å². The Labute approximate surface area is 136 Å². The van der Waals surface area contributed by atoms with Gasteiger partial charge in [0.2, 0.25) is 0 Å². The summed E-state index contributed by atoms with van der Waals surface area (Å²) in [7, 11) is 1.44. The highest BCUT2D eigenvalue weighted by Crippen LogP contribution is 2.25. The van der Waals surface area contributed by atoms with Crippen LogP contribution in [0.25, 0.3) is 0 Å². The molecule has 0 spiro atoms. The quantitative estimate of drug-likeness (QED) is 0.878. The molecule has 2 atom stereocenters. The lowest BCUT2D eigenvalue weighted by atomic mass is 10.0. The first-order valence-corrected chi connectivity index (χ1v) is 7.66. The van der Waals surface area contributed by atoms with Crippen molar-refractivity contribution in [3.8, 4) is 0 Å². The highest BCUT2D eigenvalue weighted by Gasteiger charge is 2.35. The van der Waals surface area contributed by atoms with Crippen LogP contribution >= 0.6 is 0 Å². The first-order chi connectivity index (χ1) is 11.2. The van der Waals surface area contributed by atoms with Crippen LogP contribution in [0, 0.1) is 0 Å². The highest BCUT2D eigenvalue weighted by atomic mass is 19.4. The number of nitrogens with one attached hydrogen (secondary N) is 1. The minimum Gasteiger partial charge on any atom is -0.369 e. The molecule has 3 heterocycles. The average Bonchev–Trinajstić information content (AvgIpc) is 2.76. The average molecular weight is 348 g/mol. The van der Waals surface area contributed by atoms with E-state index in [0.29, 0.717) is 18.7 Å². The fraction of sp³-hybridized carbons (Fsp3) is 0.714. The van der Waals surface area contributed by atoms with Gasteiger partial charge in [-0.2, -0.15) is 18.3 Å². The highest BCUT2D eigenvalue weighted by molar-refractivity contribution is 5.93. The lowest BCUT2D eigenvalue weighted by Crippen LogP contribution is -2.36. The maximum atomic E-state index is 12.5. The summed E-state index contributed by atoms with van der Waals surface area (Å²) in [5.74, 6) is -0.363. The predicted molar refractivity (Wildman–Crippen MR) is 76.1 cm³/mol. The first kappa shape index (κ1) is 17.2. The number of hydrogen-bond donors (Lipinski definition) is 1. The molecule has 1 N–H and O–H groups in total. The van der Waals surface area contributed by atoms with E-state index in [-0.39, 0.29) is 25.1 Å². The molecule has 1 unspecified atom stereocenters. The molecule has 0 saturated heterocycles. The van der Waals surface area contributed by atoms with E-state index in [1.807, 2.05) is 6.92 Å². The molecule has 0 bridgehead atoms. The summed E-state index contributed by atoms with van der Waals surface area (Å²) in [6.07, 6.45) is -4.43. The molecule has 0 radical (unpaired) electrons. The van der Waals surface area contributed by atoms with Gasteiger partial charge in [0.25, 0.3) is 5.91 Å². The van der Waals surface area contributed by atoms with Crippen molar-refractivity contribution in [3.63, 3.8) is 0 Å². The van der Waals surface area contributed by atoms with Crippen LogP contribution in [-0.4, -0.2) is 59.3 Å². The van der Waals surface area contributed by atoms with E-state index in [2.05, 4.69) is 15.2 Å². The number of aromatic nitrogens is 2. The Morgan fingerprint density at radius 1 is 1.46 bits per heavy atom. The summed E-state index contributed by atoms with van der Waals surface area (Å²) < 4.78 is 42.8. The van der Waals surface area contributed by atoms with E-state index >= 15 is 0 Å². The van der Waals surface area contributed by atoms with E-state index < -0.39 is 18.9 Å². The van der Waals surface area contributed by atoms with Gasteiger partial charge in [0.05, 0.1) is 18.8 Å². The normalized spacial score (nSPS) is 24.5. The molecule has 7 nitrogen and oxygen atoms in total. The molecular weight excluding hydrogens is 329 g/mol. The zero-order chi connectivity index (χ0) is 17.5. The topological polar surface area (TPSA) is 68.6 Å². The summed E-state index contributed by atoms with van der Waals surface area (Å²) in [6.45, 7) is 1.08. The largest absolute Gasteiger partial charge is 0.411 e. The number of nitrogens with zero attached hydrogens (tertiary/aromatic N) is 3. The number of amides is 1. The SMILES string of the molecule is C[C@@H]1Cc2nn3c(c2CN1)C(=O)N(C)OC(COCC(F)(F)F)C3. The summed E-state index contributed by atoms with van der Waals surface area (Å²) in [5.41, 5.74) is 2.09. The summed E-state index contributed by atoms with van der Waals surface area (Å²) in [4.78, 5) is 17.9. The number of rotatable bonds is 3. The fourth-order valence-electron chi connectivity index (χ4n) is 2.94. The molecule has 3 rings (SSSR count). The van der Waals surface area contributed by atoms with E-state index in [1.54, 1.807) is 0 Å². The van der Waals surface area contributed by atoms with Crippen molar-refractivity contribution < 1.29 is 27.5 Å². The number of carbonyl (C=O) groups excluding carboxylic acids is 1. The lowest BCUT2D eigenvalue weighted by Gasteiger charge is -2.22. The molecule has 0 aliphatic carbocycles. The van der Waals surface area contributed by atoms with Crippen LogP contribution in [0.1, 0.15) is 28.7 Å². The van der Waals surface area contributed by atoms with Crippen molar-refractivity contribution in [3.05, 3.63) is 17.0 Å². The molecule has 2 aliphatic rings. The Bertz CT molecular complexity index is 632. The number of halogens is 3. The second-order valence-electron chi connectivity index (χ2n) is 6.10. The fourth-order valence-corrected chi connectivity index (χ4v) is 2.94. The molecule has 134 valence electrons. The molecule has 0 aromatic carbocycles. The maximum Gasteiger partial charge on any atom is 0.411 e. The van der Waals surface area contributed by atoms with Crippen molar-refractivity contribution in [2.75, 3.05) is 20.3 Å². The number of carbonyl (C=O) groups is 1. The van der Waals surface area contributed by atoms with E-state index in [4.69, 9.17) is 4.84 Å². The third kappa shape index (κ3) is 3.55. The second-order valence-corrected chi connectivity index (χ2v) is 6.10. The zero-order valence-electron chi connectivity index (χ0n) is 13.4. The van der Waals surface area contributed by atoms with Gasteiger partial charge in [-0.05, 0) is 6.92 Å². The Morgan fingerprint density at radius 3 is 2.92 bits per heavy atom. The third-order valence-electron chi connectivity index (χ3n) is 4.00. The minimum absolute atomic E-state index is 0.157. The van der Waals surface area contributed by atoms with Crippen molar-refractivity contribution in [1.29, 1.82) is 0 Å². The number of alkyl halides is 3. The first-order valence-electron chi connectivity index (χ1n) is 7.66. The Kier molecular flexibility index (Phi) is 4.54. The van der Waals surface area contributed by atoms with Crippen LogP contribution in [0.2, 0.25) is 0 Å². The number of hydroxylamine groups is 2. The minimum atomic E-state index is -4.40. The summed E-state index contributed by atoms with van der Waals surface area (Å²) in [5, 5.41) is 8.78. The lowest BCUT2D eigenvalue weighted by molar-refractivity contribution is -0.202. The predicted octanol–water partition coefficient (Wildman–Crippen LogP) is 0.882. The number of fused-ring (bicyclic) bond motifs is 3. The van der Waals surface area contributed by atoms with Crippen LogP contribution in [-0.2, 0) is 29.1 Å². The monoisotopic (exact) mass is 348 g/mol. The molecule has 0 saturated carbocycles. The number of hydrogen-bond acceptors (Lipinski definition) is 5. The molecule has 1 aromatic heterocycles. The summed E-state index contributed by atoms with van der Waals surface area (Å²) in [6, 6.07) is 0.256. The third-order valence-corrected chi connectivity index (χ3v) is 4.00. The van der Waals surface area contributed by atoms with E-state index in [1.165, 1.54) is 11.7 Å². The van der Waals surface area contributed by atoms with Gasteiger partial charge >= 0.3 is 6.18 Å².